The van der Waals surface area contributed by atoms with Crippen molar-refractivity contribution in [3.05, 3.63) is 0 Å². The Morgan fingerprint density at radius 1 is 1.38 bits per heavy atom. The Labute approximate surface area is 96.8 Å². The van der Waals surface area contributed by atoms with Crippen molar-refractivity contribution in [1.82, 2.24) is 4.90 Å². The number of nitrogens with two attached hydrogens (primary N) is 1. The maximum Gasteiger partial charge on any atom is 0.147 e. The van der Waals surface area contributed by atoms with Crippen LogP contribution >= 0.6 is 0 Å². The van der Waals surface area contributed by atoms with Crippen LogP contribution in [-0.2, 0) is 14.2 Å². The van der Waals surface area contributed by atoms with E-state index in [1.54, 1.807) is 0 Å². The van der Waals surface area contributed by atoms with E-state index in [-0.39, 0.29) is 12.1 Å². The van der Waals surface area contributed by atoms with E-state index in [1.165, 1.54) is 0 Å². The molecule has 0 aromatic heterocycles. The molecule has 0 aromatic rings. The topological polar surface area (TPSA) is 57.0 Å². The lowest BCUT2D eigenvalue weighted by molar-refractivity contribution is -0.150. The minimum absolute atomic E-state index is 0.0957. The van der Waals surface area contributed by atoms with Crippen LogP contribution in [0, 0.1) is 0 Å². The van der Waals surface area contributed by atoms with Gasteiger partial charge in [0.05, 0.1) is 25.4 Å². The molecule has 2 aliphatic rings. The molecule has 2 heterocycles. The van der Waals surface area contributed by atoms with Crippen LogP contribution in [0.4, 0.5) is 0 Å². The third-order valence-electron chi connectivity index (χ3n) is 3.20. The fourth-order valence-corrected chi connectivity index (χ4v) is 2.15. The first-order chi connectivity index (χ1) is 7.75. The van der Waals surface area contributed by atoms with Crippen molar-refractivity contribution in [2.24, 2.45) is 5.73 Å². The van der Waals surface area contributed by atoms with Crippen LogP contribution in [-0.4, -0.2) is 62.8 Å². The van der Waals surface area contributed by atoms with Gasteiger partial charge < -0.3 is 19.9 Å². The van der Waals surface area contributed by atoms with Crippen molar-refractivity contribution in [2.45, 2.75) is 31.6 Å². The van der Waals surface area contributed by atoms with Gasteiger partial charge >= 0.3 is 0 Å². The zero-order valence-electron chi connectivity index (χ0n) is 9.93. The van der Waals surface area contributed by atoms with E-state index in [0.717, 1.165) is 39.3 Å². The molecule has 0 saturated carbocycles. The third-order valence-corrected chi connectivity index (χ3v) is 3.20. The lowest BCUT2D eigenvalue weighted by Crippen LogP contribution is -2.51. The van der Waals surface area contributed by atoms with Crippen molar-refractivity contribution in [2.75, 3.05) is 39.6 Å². The molecule has 0 radical (unpaired) electrons. The summed E-state index contributed by atoms with van der Waals surface area (Å²) in [4.78, 5) is 2.38. The molecule has 2 saturated heterocycles. The highest BCUT2D eigenvalue weighted by Crippen LogP contribution is 2.12. The summed E-state index contributed by atoms with van der Waals surface area (Å²) < 4.78 is 16.3. The van der Waals surface area contributed by atoms with E-state index in [1.807, 2.05) is 6.92 Å². The van der Waals surface area contributed by atoms with Gasteiger partial charge in [0.2, 0.25) is 0 Å². The monoisotopic (exact) mass is 230 g/mol. The van der Waals surface area contributed by atoms with Crippen molar-refractivity contribution >= 4 is 0 Å². The average molecular weight is 230 g/mol. The molecule has 2 rings (SSSR count). The molecule has 0 spiro atoms. The van der Waals surface area contributed by atoms with Gasteiger partial charge in [-0.2, -0.15) is 0 Å². The summed E-state index contributed by atoms with van der Waals surface area (Å²) >= 11 is 0. The normalized spacial score (nSPS) is 34.9. The first-order valence-corrected chi connectivity index (χ1v) is 6.04. The fourth-order valence-electron chi connectivity index (χ4n) is 2.15. The molecular formula is C11H22N2O3. The maximum atomic E-state index is 5.86. The van der Waals surface area contributed by atoms with Gasteiger partial charge in [0, 0.05) is 25.7 Å². The van der Waals surface area contributed by atoms with Gasteiger partial charge in [0.25, 0.3) is 0 Å². The first kappa shape index (κ1) is 12.3. The number of ether oxygens (including phenoxy) is 3. The van der Waals surface area contributed by atoms with Crippen LogP contribution in [0.25, 0.3) is 0 Å². The first-order valence-electron chi connectivity index (χ1n) is 6.04. The second-order valence-electron chi connectivity index (χ2n) is 4.63. The predicted molar refractivity (Wildman–Crippen MR) is 60.1 cm³/mol. The summed E-state index contributed by atoms with van der Waals surface area (Å²) in [6.45, 7) is 6.88. The molecule has 2 N–H and O–H groups in total. The van der Waals surface area contributed by atoms with Crippen LogP contribution < -0.4 is 5.73 Å². The molecule has 3 atom stereocenters. The molecule has 0 aromatic carbocycles. The molecule has 5 nitrogen and oxygen atoms in total. The van der Waals surface area contributed by atoms with Crippen molar-refractivity contribution in [3.63, 3.8) is 0 Å². The Balaban J connectivity index is 1.75. The third kappa shape index (κ3) is 3.40. The van der Waals surface area contributed by atoms with Crippen LogP contribution in [0.1, 0.15) is 13.3 Å². The van der Waals surface area contributed by atoms with E-state index in [4.69, 9.17) is 19.9 Å². The van der Waals surface area contributed by atoms with Gasteiger partial charge in [-0.15, -0.1) is 0 Å². The second kappa shape index (κ2) is 5.93. The Bertz CT molecular complexity index is 207. The van der Waals surface area contributed by atoms with E-state index in [2.05, 4.69) is 4.90 Å². The summed E-state index contributed by atoms with van der Waals surface area (Å²) in [6.07, 6.45) is 1.45. The van der Waals surface area contributed by atoms with Crippen LogP contribution in [0.15, 0.2) is 0 Å². The summed E-state index contributed by atoms with van der Waals surface area (Å²) in [5.74, 6) is 0. The molecular weight excluding hydrogens is 208 g/mol. The van der Waals surface area contributed by atoms with Gasteiger partial charge in [0.15, 0.2) is 0 Å². The highest BCUT2D eigenvalue weighted by molar-refractivity contribution is 4.79. The number of morpholine rings is 1. The summed E-state index contributed by atoms with van der Waals surface area (Å²) in [7, 11) is 0. The van der Waals surface area contributed by atoms with Gasteiger partial charge in [0.1, 0.15) is 6.79 Å². The predicted octanol–water partition coefficient (Wildman–Crippen LogP) is -0.203. The SMILES string of the molecule is CC(N)C1CN(CC2CCOCO2)CCO1. The standard InChI is InChI=1S/C11H22N2O3/c1-9(12)11-7-13(3-5-15-11)6-10-2-4-14-8-16-10/h9-11H,2-8,12H2,1H3. The summed E-state index contributed by atoms with van der Waals surface area (Å²) in [5.41, 5.74) is 5.86. The maximum absolute atomic E-state index is 5.86. The summed E-state index contributed by atoms with van der Waals surface area (Å²) in [6, 6.07) is 0.0957. The smallest absolute Gasteiger partial charge is 0.147 e. The lowest BCUT2D eigenvalue weighted by atomic mass is 10.1. The molecule has 2 fully saturated rings. The Hall–Kier alpha value is -0.200. The molecule has 2 aliphatic heterocycles. The molecule has 0 bridgehead atoms. The van der Waals surface area contributed by atoms with E-state index in [0.29, 0.717) is 12.9 Å². The van der Waals surface area contributed by atoms with Crippen molar-refractivity contribution in [3.8, 4) is 0 Å². The Morgan fingerprint density at radius 3 is 2.94 bits per heavy atom. The fraction of sp³-hybridized carbons (Fsp3) is 1.00. The van der Waals surface area contributed by atoms with Gasteiger partial charge in [-0.3, -0.25) is 4.90 Å². The number of nitrogens with zero attached hydrogens (tertiary/aromatic N) is 1. The minimum atomic E-state index is 0.0957. The molecule has 0 aliphatic carbocycles. The molecule has 5 heteroatoms. The van der Waals surface area contributed by atoms with Crippen LogP contribution in [0.5, 0.6) is 0 Å². The zero-order chi connectivity index (χ0) is 11.4. The number of hydrogen-bond donors (Lipinski definition) is 1. The van der Waals surface area contributed by atoms with Crippen molar-refractivity contribution in [1.29, 1.82) is 0 Å². The quantitative estimate of drug-likeness (QED) is 0.727. The number of rotatable bonds is 3. The minimum Gasteiger partial charge on any atom is -0.374 e. The van der Waals surface area contributed by atoms with Crippen molar-refractivity contribution < 1.29 is 14.2 Å². The van der Waals surface area contributed by atoms with Gasteiger partial charge in [-0.25, -0.2) is 0 Å². The van der Waals surface area contributed by atoms with Gasteiger partial charge in [-0.1, -0.05) is 0 Å². The van der Waals surface area contributed by atoms with E-state index in [9.17, 15) is 0 Å². The zero-order valence-corrected chi connectivity index (χ0v) is 9.93. The highest BCUT2D eigenvalue weighted by Gasteiger charge is 2.26. The molecule has 0 amide bonds. The lowest BCUT2D eigenvalue weighted by Gasteiger charge is -2.37. The van der Waals surface area contributed by atoms with E-state index >= 15 is 0 Å². The molecule has 16 heavy (non-hydrogen) atoms. The van der Waals surface area contributed by atoms with Crippen LogP contribution in [0.2, 0.25) is 0 Å². The Morgan fingerprint density at radius 2 is 2.25 bits per heavy atom. The Kier molecular flexibility index (Phi) is 4.55. The summed E-state index contributed by atoms with van der Waals surface area (Å²) in [5, 5.41) is 0. The van der Waals surface area contributed by atoms with E-state index < -0.39 is 0 Å². The highest BCUT2D eigenvalue weighted by atomic mass is 16.7. The molecule has 3 unspecified atom stereocenters. The molecule has 94 valence electrons. The van der Waals surface area contributed by atoms with Gasteiger partial charge in [-0.05, 0) is 13.3 Å². The average Bonchev–Trinajstić information content (AvgIpc) is 2.30. The number of hydrogen-bond acceptors (Lipinski definition) is 5. The second-order valence-corrected chi connectivity index (χ2v) is 4.63. The largest absolute Gasteiger partial charge is 0.374 e. The van der Waals surface area contributed by atoms with Crippen LogP contribution in [0.3, 0.4) is 0 Å².